The predicted molar refractivity (Wildman–Crippen MR) is 52.7 cm³/mol. The second-order valence-electron chi connectivity index (χ2n) is 3.89. The molecule has 88 valence electrons. The van der Waals surface area contributed by atoms with Gasteiger partial charge in [-0.25, -0.2) is 0 Å². The first-order valence-corrected chi connectivity index (χ1v) is 5.01. The molecule has 5 heteroatoms. The van der Waals surface area contributed by atoms with Crippen LogP contribution in [-0.4, -0.2) is 34.9 Å². The molecule has 0 radical (unpaired) electrons. The quantitative estimate of drug-likeness (QED) is 0.802. The van der Waals surface area contributed by atoms with Crippen LogP contribution in [0, 0.1) is 0 Å². The van der Waals surface area contributed by atoms with Crippen LogP contribution in [0.15, 0.2) is 30.3 Å². The standard InChI is InChI=1S/C11H12F3NO/c12-11(13,14)10-9(7-16)15(10)6-8-4-2-1-3-5-8/h1-5,9-10,16H,6-7H2/t9-,10-,15?/m0/s1. The average Bonchev–Trinajstić information content (AvgIpc) is 2.92. The second-order valence-corrected chi connectivity index (χ2v) is 3.89. The lowest BCUT2D eigenvalue weighted by Gasteiger charge is -2.06. The molecule has 1 aromatic carbocycles. The molecule has 1 fully saturated rings. The number of hydrogen-bond acceptors (Lipinski definition) is 2. The molecule has 2 rings (SSSR count). The zero-order chi connectivity index (χ0) is 11.8. The number of hydrogen-bond donors (Lipinski definition) is 1. The first-order valence-electron chi connectivity index (χ1n) is 5.01. The number of benzene rings is 1. The van der Waals surface area contributed by atoms with Gasteiger partial charge in [-0.2, -0.15) is 13.2 Å². The van der Waals surface area contributed by atoms with Gasteiger partial charge in [0, 0.05) is 6.54 Å². The van der Waals surface area contributed by atoms with Gasteiger partial charge in [-0.1, -0.05) is 30.3 Å². The van der Waals surface area contributed by atoms with E-state index in [0.29, 0.717) is 0 Å². The summed E-state index contributed by atoms with van der Waals surface area (Å²) in [7, 11) is 0. The number of nitrogens with zero attached hydrogens (tertiary/aromatic N) is 1. The summed E-state index contributed by atoms with van der Waals surface area (Å²) in [5, 5.41) is 8.85. The van der Waals surface area contributed by atoms with Crippen molar-refractivity contribution in [2.24, 2.45) is 0 Å². The monoisotopic (exact) mass is 231 g/mol. The van der Waals surface area contributed by atoms with E-state index < -0.39 is 24.9 Å². The Morgan fingerprint density at radius 3 is 2.25 bits per heavy atom. The Balaban J connectivity index is 2.02. The molecule has 1 aromatic rings. The Bertz CT molecular complexity index is 352. The molecule has 1 aliphatic rings. The largest absolute Gasteiger partial charge is 0.405 e. The third-order valence-corrected chi connectivity index (χ3v) is 2.79. The molecule has 1 heterocycles. The number of aliphatic hydroxyl groups is 1. The van der Waals surface area contributed by atoms with Crippen molar-refractivity contribution in [3.8, 4) is 0 Å². The highest BCUT2D eigenvalue weighted by molar-refractivity contribution is 5.18. The maximum absolute atomic E-state index is 12.5. The van der Waals surface area contributed by atoms with Crippen LogP contribution in [0.5, 0.6) is 0 Å². The molecular formula is C11H12F3NO. The number of halogens is 3. The van der Waals surface area contributed by atoms with Gasteiger partial charge < -0.3 is 5.11 Å². The Labute approximate surface area is 91.3 Å². The number of aliphatic hydroxyl groups excluding tert-OH is 1. The lowest BCUT2D eigenvalue weighted by molar-refractivity contribution is -0.138. The van der Waals surface area contributed by atoms with Crippen molar-refractivity contribution in [2.75, 3.05) is 6.61 Å². The van der Waals surface area contributed by atoms with Gasteiger partial charge >= 0.3 is 6.18 Å². The number of alkyl halides is 3. The molecule has 1 N–H and O–H groups in total. The fourth-order valence-corrected chi connectivity index (χ4v) is 1.95. The zero-order valence-electron chi connectivity index (χ0n) is 8.48. The summed E-state index contributed by atoms with van der Waals surface area (Å²) >= 11 is 0. The van der Waals surface area contributed by atoms with Crippen LogP contribution in [0.2, 0.25) is 0 Å². The van der Waals surface area contributed by atoms with E-state index in [4.69, 9.17) is 5.11 Å². The summed E-state index contributed by atoms with van der Waals surface area (Å²) in [5.74, 6) is 0. The van der Waals surface area contributed by atoms with Crippen LogP contribution < -0.4 is 0 Å². The molecular weight excluding hydrogens is 219 g/mol. The minimum atomic E-state index is -4.25. The van der Waals surface area contributed by atoms with Crippen molar-refractivity contribution in [1.29, 1.82) is 0 Å². The molecule has 3 atom stereocenters. The highest BCUT2D eigenvalue weighted by Crippen LogP contribution is 2.41. The SMILES string of the molecule is OC[C@H]1[C@@H](C(F)(F)F)N1Cc1ccccc1. The van der Waals surface area contributed by atoms with E-state index in [0.717, 1.165) is 5.56 Å². The van der Waals surface area contributed by atoms with E-state index >= 15 is 0 Å². The van der Waals surface area contributed by atoms with Crippen molar-refractivity contribution >= 4 is 0 Å². The van der Waals surface area contributed by atoms with Crippen molar-refractivity contribution in [3.63, 3.8) is 0 Å². The van der Waals surface area contributed by atoms with Crippen molar-refractivity contribution in [3.05, 3.63) is 35.9 Å². The van der Waals surface area contributed by atoms with Crippen LogP contribution in [0.25, 0.3) is 0 Å². The summed E-state index contributed by atoms with van der Waals surface area (Å²) in [4.78, 5) is 1.26. The minimum Gasteiger partial charge on any atom is -0.395 e. The average molecular weight is 231 g/mol. The molecule has 0 aliphatic carbocycles. The highest BCUT2D eigenvalue weighted by Gasteiger charge is 2.62. The van der Waals surface area contributed by atoms with E-state index in [1.165, 1.54) is 4.90 Å². The Kier molecular flexibility index (Phi) is 2.90. The van der Waals surface area contributed by atoms with Crippen LogP contribution in [0.1, 0.15) is 5.56 Å². The molecule has 0 saturated carbocycles. The molecule has 2 nitrogen and oxygen atoms in total. The van der Waals surface area contributed by atoms with Crippen molar-refractivity contribution in [2.45, 2.75) is 24.8 Å². The topological polar surface area (TPSA) is 23.2 Å². The van der Waals surface area contributed by atoms with Gasteiger partial charge in [0.15, 0.2) is 0 Å². The lowest BCUT2D eigenvalue weighted by atomic mass is 10.2. The van der Waals surface area contributed by atoms with Gasteiger partial charge in [0.25, 0.3) is 0 Å². The van der Waals surface area contributed by atoms with Crippen molar-refractivity contribution < 1.29 is 18.3 Å². The molecule has 16 heavy (non-hydrogen) atoms. The molecule has 0 bridgehead atoms. The van der Waals surface area contributed by atoms with E-state index in [2.05, 4.69) is 0 Å². The smallest absolute Gasteiger partial charge is 0.395 e. The van der Waals surface area contributed by atoms with Gasteiger partial charge in [0.2, 0.25) is 0 Å². The lowest BCUT2D eigenvalue weighted by Crippen LogP contribution is -2.22. The van der Waals surface area contributed by atoms with E-state index in [1.807, 2.05) is 6.07 Å². The van der Waals surface area contributed by atoms with Gasteiger partial charge in [0.05, 0.1) is 12.6 Å². The summed E-state index contributed by atoms with van der Waals surface area (Å²) in [6.07, 6.45) is -4.25. The Hall–Kier alpha value is -1.07. The summed E-state index contributed by atoms with van der Waals surface area (Å²) in [5.41, 5.74) is 0.827. The Morgan fingerprint density at radius 1 is 1.19 bits per heavy atom. The zero-order valence-corrected chi connectivity index (χ0v) is 8.48. The molecule has 1 aliphatic heterocycles. The summed E-state index contributed by atoms with van der Waals surface area (Å²) in [6, 6.07) is 6.68. The van der Waals surface area contributed by atoms with Crippen LogP contribution in [-0.2, 0) is 6.54 Å². The first-order chi connectivity index (χ1) is 7.54. The first kappa shape index (κ1) is 11.4. The predicted octanol–water partition coefficient (Wildman–Crippen LogP) is 1.79. The van der Waals surface area contributed by atoms with Crippen LogP contribution in [0.4, 0.5) is 13.2 Å². The maximum Gasteiger partial charge on any atom is 0.405 e. The fraction of sp³-hybridized carbons (Fsp3) is 0.455. The molecule has 1 saturated heterocycles. The third-order valence-electron chi connectivity index (χ3n) is 2.79. The van der Waals surface area contributed by atoms with Crippen molar-refractivity contribution in [1.82, 2.24) is 4.90 Å². The van der Waals surface area contributed by atoms with E-state index in [1.54, 1.807) is 24.3 Å². The maximum atomic E-state index is 12.5. The minimum absolute atomic E-state index is 0.232. The normalized spacial score (nSPS) is 29.1. The summed E-state index contributed by atoms with van der Waals surface area (Å²) < 4.78 is 37.4. The number of rotatable bonds is 3. The second kappa shape index (κ2) is 4.07. The van der Waals surface area contributed by atoms with Gasteiger partial charge in [-0.3, -0.25) is 4.90 Å². The molecule has 0 aromatic heterocycles. The van der Waals surface area contributed by atoms with Crippen LogP contribution in [0.3, 0.4) is 0 Å². The summed E-state index contributed by atoms with van der Waals surface area (Å²) in [6.45, 7) is -0.215. The Morgan fingerprint density at radius 2 is 1.81 bits per heavy atom. The molecule has 1 unspecified atom stereocenters. The molecule has 0 amide bonds. The van der Waals surface area contributed by atoms with Gasteiger partial charge in [-0.05, 0) is 5.56 Å². The van der Waals surface area contributed by atoms with Gasteiger partial charge in [0.1, 0.15) is 6.04 Å². The van der Waals surface area contributed by atoms with E-state index in [-0.39, 0.29) is 6.54 Å². The van der Waals surface area contributed by atoms with E-state index in [9.17, 15) is 13.2 Å². The fourth-order valence-electron chi connectivity index (χ4n) is 1.95. The van der Waals surface area contributed by atoms with Gasteiger partial charge in [-0.15, -0.1) is 0 Å². The third kappa shape index (κ3) is 2.20. The molecule has 0 spiro atoms. The van der Waals surface area contributed by atoms with Crippen LogP contribution >= 0.6 is 0 Å². The highest BCUT2D eigenvalue weighted by atomic mass is 19.4.